The second-order valence-electron chi connectivity index (χ2n) is 3.97. The van der Waals surface area contributed by atoms with Crippen molar-refractivity contribution in [3.63, 3.8) is 0 Å². The van der Waals surface area contributed by atoms with Crippen molar-refractivity contribution in [2.45, 2.75) is 0 Å². The lowest BCUT2D eigenvalue weighted by Gasteiger charge is -2.21. The number of nitrogen functional groups attached to an aromatic ring is 1. The average Bonchev–Trinajstić information content (AvgIpc) is 2.38. The first-order valence-electron chi connectivity index (χ1n) is 5.54. The van der Waals surface area contributed by atoms with Crippen molar-refractivity contribution >= 4 is 33.0 Å². The highest BCUT2D eigenvalue weighted by molar-refractivity contribution is 9.10. The quantitative estimate of drug-likeness (QED) is 0.876. The van der Waals surface area contributed by atoms with Crippen LogP contribution in [0, 0.1) is 0 Å². The summed E-state index contributed by atoms with van der Waals surface area (Å²) in [5.74, 6) is 0.839. The van der Waals surface area contributed by atoms with Crippen molar-refractivity contribution in [3.8, 4) is 5.75 Å². The summed E-state index contributed by atoms with van der Waals surface area (Å²) < 4.78 is 6.20. The van der Waals surface area contributed by atoms with Crippen LogP contribution >= 0.6 is 15.9 Å². The molecule has 94 valence electrons. The fourth-order valence-electron chi connectivity index (χ4n) is 1.75. The van der Waals surface area contributed by atoms with Gasteiger partial charge in [0.05, 0.1) is 12.8 Å². The third-order valence-corrected chi connectivity index (χ3v) is 3.41. The van der Waals surface area contributed by atoms with Crippen LogP contribution in [0.2, 0.25) is 0 Å². The van der Waals surface area contributed by atoms with Gasteiger partial charge in [0.15, 0.2) is 0 Å². The summed E-state index contributed by atoms with van der Waals surface area (Å²) in [5, 5.41) is 0. The van der Waals surface area contributed by atoms with Crippen LogP contribution in [-0.2, 0) is 0 Å². The van der Waals surface area contributed by atoms with Gasteiger partial charge in [-0.25, -0.2) is 0 Å². The molecule has 18 heavy (non-hydrogen) atoms. The van der Waals surface area contributed by atoms with E-state index in [4.69, 9.17) is 10.5 Å². The first kappa shape index (κ1) is 12.8. The number of ether oxygens (including phenoxy) is 1. The molecule has 2 aromatic carbocycles. The van der Waals surface area contributed by atoms with Gasteiger partial charge in [0.2, 0.25) is 0 Å². The molecule has 0 aliphatic carbocycles. The van der Waals surface area contributed by atoms with Crippen molar-refractivity contribution in [2.75, 3.05) is 24.8 Å². The SMILES string of the molecule is COc1cccc(N(C)c2ccc(N)cc2Br)c1. The molecule has 0 aliphatic rings. The topological polar surface area (TPSA) is 38.5 Å². The summed E-state index contributed by atoms with van der Waals surface area (Å²) in [7, 11) is 3.67. The predicted octanol–water partition coefficient (Wildman–Crippen LogP) is 3.81. The summed E-state index contributed by atoms with van der Waals surface area (Å²) in [6.07, 6.45) is 0. The van der Waals surface area contributed by atoms with Gasteiger partial charge in [-0.2, -0.15) is 0 Å². The third kappa shape index (κ3) is 2.59. The van der Waals surface area contributed by atoms with Gasteiger partial charge < -0.3 is 15.4 Å². The second-order valence-corrected chi connectivity index (χ2v) is 4.83. The molecule has 0 saturated carbocycles. The van der Waals surface area contributed by atoms with Crippen LogP contribution in [0.4, 0.5) is 17.1 Å². The number of anilines is 3. The van der Waals surface area contributed by atoms with E-state index in [1.54, 1.807) is 7.11 Å². The Morgan fingerprint density at radius 3 is 2.61 bits per heavy atom. The molecule has 0 spiro atoms. The fraction of sp³-hybridized carbons (Fsp3) is 0.143. The first-order chi connectivity index (χ1) is 8.61. The molecule has 0 radical (unpaired) electrons. The Morgan fingerprint density at radius 1 is 1.17 bits per heavy atom. The molecule has 2 aromatic rings. The Balaban J connectivity index is 2.37. The number of rotatable bonds is 3. The van der Waals surface area contributed by atoms with Crippen molar-refractivity contribution in [1.29, 1.82) is 0 Å². The lowest BCUT2D eigenvalue weighted by molar-refractivity contribution is 0.415. The maximum Gasteiger partial charge on any atom is 0.120 e. The van der Waals surface area contributed by atoms with Gasteiger partial charge in [-0.15, -0.1) is 0 Å². The van der Waals surface area contributed by atoms with Crippen LogP contribution in [0.15, 0.2) is 46.9 Å². The fourth-order valence-corrected chi connectivity index (χ4v) is 2.42. The van der Waals surface area contributed by atoms with Gasteiger partial charge >= 0.3 is 0 Å². The number of nitrogens with two attached hydrogens (primary N) is 1. The van der Waals surface area contributed by atoms with Crippen LogP contribution < -0.4 is 15.4 Å². The Bertz CT molecular complexity index is 557. The highest BCUT2D eigenvalue weighted by atomic mass is 79.9. The molecular weight excluding hydrogens is 292 g/mol. The maximum absolute atomic E-state index is 5.74. The molecule has 0 bridgehead atoms. The number of hydrogen-bond acceptors (Lipinski definition) is 3. The zero-order chi connectivity index (χ0) is 13.1. The summed E-state index contributed by atoms with van der Waals surface area (Å²) in [6.45, 7) is 0. The third-order valence-electron chi connectivity index (χ3n) is 2.77. The van der Waals surface area contributed by atoms with Crippen LogP contribution in [0.1, 0.15) is 0 Å². The first-order valence-corrected chi connectivity index (χ1v) is 6.34. The van der Waals surface area contributed by atoms with Gasteiger partial charge in [0, 0.05) is 29.0 Å². The summed E-state index contributed by atoms with van der Waals surface area (Å²) in [4.78, 5) is 2.08. The van der Waals surface area contributed by atoms with Gasteiger partial charge in [0.25, 0.3) is 0 Å². The molecule has 0 aromatic heterocycles. The maximum atomic E-state index is 5.74. The molecular formula is C14H15BrN2O. The summed E-state index contributed by atoms with van der Waals surface area (Å²) >= 11 is 3.53. The van der Waals surface area contributed by atoms with Crippen LogP contribution in [0.25, 0.3) is 0 Å². The molecule has 0 saturated heterocycles. The molecule has 0 unspecified atom stereocenters. The number of methoxy groups -OCH3 is 1. The van der Waals surface area contributed by atoms with Crippen molar-refractivity contribution in [3.05, 3.63) is 46.9 Å². The van der Waals surface area contributed by atoms with E-state index in [0.717, 1.165) is 27.3 Å². The molecule has 0 atom stereocenters. The Labute approximate surface area is 115 Å². The van der Waals surface area contributed by atoms with Crippen LogP contribution in [0.3, 0.4) is 0 Å². The minimum atomic E-state index is 0.740. The lowest BCUT2D eigenvalue weighted by Crippen LogP contribution is -2.10. The minimum absolute atomic E-state index is 0.740. The van der Waals surface area contributed by atoms with E-state index in [9.17, 15) is 0 Å². The largest absolute Gasteiger partial charge is 0.497 e. The lowest BCUT2D eigenvalue weighted by atomic mass is 10.2. The van der Waals surface area contributed by atoms with Crippen molar-refractivity contribution < 1.29 is 4.74 Å². The molecule has 4 heteroatoms. The molecule has 0 aliphatic heterocycles. The molecule has 2 N–H and O–H groups in total. The van der Waals surface area contributed by atoms with Gasteiger partial charge in [-0.1, -0.05) is 6.07 Å². The van der Waals surface area contributed by atoms with Gasteiger partial charge in [0.1, 0.15) is 5.75 Å². The van der Waals surface area contributed by atoms with Crippen molar-refractivity contribution in [2.24, 2.45) is 0 Å². The Hall–Kier alpha value is -1.68. The van der Waals surface area contributed by atoms with E-state index in [1.165, 1.54) is 0 Å². The van der Waals surface area contributed by atoms with E-state index < -0.39 is 0 Å². The van der Waals surface area contributed by atoms with E-state index in [2.05, 4.69) is 20.8 Å². The molecule has 0 fully saturated rings. The number of hydrogen-bond donors (Lipinski definition) is 1. The van der Waals surface area contributed by atoms with Gasteiger partial charge in [-0.3, -0.25) is 0 Å². The van der Waals surface area contributed by atoms with E-state index in [1.807, 2.05) is 49.5 Å². The Morgan fingerprint density at radius 2 is 1.94 bits per heavy atom. The highest BCUT2D eigenvalue weighted by Crippen LogP contribution is 2.33. The van der Waals surface area contributed by atoms with E-state index in [-0.39, 0.29) is 0 Å². The average molecular weight is 307 g/mol. The molecule has 0 amide bonds. The second kappa shape index (κ2) is 5.31. The van der Waals surface area contributed by atoms with E-state index in [0.29, 0.717) is 0 Å². The standard InChI is InChI=1S/C14H15BrN2O/c1-17(11-4-3-5-12(9-11)18-2)14-7-6-10(16)8-13(14)15/h3-9H,16H2,1-2H3. The van der Waals surface area contributed by atoms with E-state index >= 15 is 0 Å². The number of halogens is 1. The normalized spacial score (nSPS) is 10.2. The number of nitrogens with zero attached hydrogens (tertiary/aromatic N) is 1. The zero-order valence-corrected chi connectivity index (χ0v) is 11.9. The highest BCUT2D eigenvalue weighted by Gasteiger charge is 2.08. The molecule has 3 nitrogen and oxygen atoms in total. The molecule has 2 rings (SSSR count). The summed E-state index contributed by atoms with van der Waals surface area (Å²) in [6, 6.07) is 13.7. The predicted molar refractivity (Wildman–Crippen MR) is 79.6 cm³/mol. The monoisotopic (exact) mass is 306 g/mol. The minimum Gasteiger partial charge on any atom is -0.497 e. The van der Waals surface area contributed by atoms with Crippen LogP contribution in [-0.4, -0.2) is 14.2 Å². The van der Waals surface area contributed by atoms with Gasteiger partial charge in [-0.05, 0) is 46.3 Å². The Kier molecular flexibility index (Phi) is 3.77. The van der Waals surface area contributed by atoms with Crippen LogP contribution in [0.5, 0.6) is 5.75 Å². The smallest absolute Gasteiger partial charge is 0.120 e. The number of benzene rings is 2. The van der Waals surface area contributed by atoms with Crippen molar-refractivity contribution in [1.82, 2.24) is 0 Å². The summed E-state index contributed by atoms with van der Waals surface area (Å²) in [5.41, 5.74) is 8.59. The zero-order valence-electron chi connectivity index (χ0n) is 10.4. The molecule has 0 heterocycles.